The van der Waals surface area contributed by atoms with Crippen molar-refractivity contribution >= 4 is 29.2 Å². The molecule has 0 saturated carbocycles. The Kier molecular flexibility index (Phi) is 6.88. The number of fused-ring (bicyclic) bond motifs is 1. The van der Waals surface area contributed by atoms with Crippen LogP contribution in [0.4, 0.5) is 26.4 Å². The number of nitrogens with one attached hydrogen (secondary N) is 3. The lowest BCUT2D eigenvalue weighted by molar-refractivity contribution is 0.0635. The molecule has 0 radical (unpaired) electrons. The Morgan fingerprint density at radius 1 is 1.06 bits per heavy atom. The molecule has 3 aromatic rings. The SMILES string of the molecule is CC(C)(C)OC(=O)Nc1cc(Nc2cccc(F)c2)nc(C(=O)NC2Cc3ccc(C#N)cc3C2)c1. The summed E-state index contributed by atoms with van der Waals surface area (Å²) in [7, 11) is 0. The fourth-order valence-electron chi connectivity index (χ4n) is 3.97. The number of rotatable bonds is 5. The molecule has 0 fully saturated rings. The van der Waals surface area contributed by atoms with Gasteiger partial charge in [-0.25, -0.2) is 14.2 Å². The Morgan fingerprint density at radius 3 is 2.56 bits per heavy atom. The number of anilines is 3. The lowest BCUT2D eigenvalue weighted by atomic mass is 10.1. The summed E-state index contributed by atoms with van der Waals surface area (Å²) in [6, 6.07) is 16.3. The van der Waals surface area contributed by atoms with Crippen molar-refractivity contribution in [2.45, 2.75) is 45.3 Å². The van der Waals surface area contributed by atoms with Crippen molar-refractivity contribution in [3.8, 4) is 6.07 Å². The highest BCUT2D eigenvalue weighted by Gasteiger charge is 2.25. The molecule has 9 heteroatoms. The minimum absolute atomic E-state index is 0.0659. The predicted octanol–water partition coefficient (Wildman–Crippen LogP) is 5.08. The van der Waals surface area contributed by atoms with Gasteiger partial charge in [0, 0.05) is 17.8 Å². The van der Waals surface area contributed by atoms with Gasteiger partial charge in [0.05, 0.1) is 17.3 Å². The number of carbonyl (C=O) groups excluding carboxylic acids is 2. The molecule has 0 aliphatic heterocycles. The van der Waals surface area contributed by atoms with Crippen LogP contribution in [0.15, 0.2) is 54.6 Å². The molecule has 1 heterocycles. The minimum Gasteiger partial charge on any atom is -0.444 e. The zero-order valence-electron chi connectivity index (χ0n) is 20.2. The van der Waals surface area contributed by atoms with E-state index in [0.29, 0.717) is 24.1 Å². The van der Waals surface area contributed by atoms with Crippen LogP contribution >= 0.6 is 0 Å². The number of hydrogen-bond acceptors (Lipinski definition) is 6. The zero-order chi connectivity index (χ0) is 25.9. The molecule has 1 aliphatic carbocycles. The maximum Gasteiger partial charge on any atom is 0.412 e. The molecule has 1 aliphatic rings. The van der Waals surface area contributed by atoms with E-state index in [0.717, 1.165) is 11.1 Å². The van der Waals surface area contributed by atoms with Crippen LogP contribution in [0.3, 0.4) is 0 Å². The summed E-state index contributed by atoms with van der Waals surface area (Å²) in [5, 5.41) is 17.7. The number of amides is 2. The Balaban J connectivity index is 1.55. The van der Waals surface area contributed by atoms with Gasteiger partial charge in [-0.2, -0.15) is 5.26 Å². The van der Waals surface area contributed by atoms with E-state index in [4.69, 9.17) is 10.00 Å². The van der Waals surface area contributed by atoms with Crippen LogP contribution in [-0.2, 0) is 17.6 Å². The molecular weight excluding hydrogens is 461 g/mol. The van der Waals surface area contributed by atoms with Crippen LogP contribution in [0, 0.1) is 17.1 Å². The number of pyridine rings is 1. The fourth-order valence-corrected chi connectivity index (χ4v) is 3.97. The molecule has 2 amide bonds. The fraction of sp³-hybridized carbons (Fsp3) is 0.259. The van der Waals surface area contributed by atoms with Crippen molar-refractivity contribution in [1.82, 2.24) is 10.3 Å². The standard InChI is InChI=1S/C27H26FN5O3/c1-27(2,3)36-26(35)32-22-13-23(33-24(14-22)30-20-6-4-5-19(28)12-20)25(34)31-21-10-17-8-7-16(15-29)9-18(17)11-21/h4-9,12-14,21H,10-11H2,1-3H3,(H,31,34)(H2,30,32,33,35). The molecule has 8 nitrogen and oxygen atoms in total. The highest BCUT2D eigenvalue weighted by atomic mass is 19.1. The predicted molar refractivity (Wildman–Crippen MR) is 134 cm³/mol. The molecule has 184 valence electrons. The second kappa shape index (κ2) is 10.0. The molecule has 2 aromatic carbocycles. The third-order valence-corrected chi connectivity index (χ3v) is 5.40. The smallest absolute Gasteiger partial charge is 0.412 e. The van der Waals surface area contributed by atoms with Crippen LogP contribution in [0.5, 0.6) is 0 Å². The van der Waals surface area contributed by atoms with Gasteiger partial charge in [-0.15, -0.1) is 0 Å². The van der Waals surface area contributed by atoms with Gasteiger partial charge in [-0.1, -0.05) is 12.1 Å². The van der Waals surface area contributed by atoms with Gasteiger partial charge in [-0.3, -0.25) is 10.1 Å². The van der Waals surface area contributed by atoms with E-state index in [1.165, 1.54) is 24.3 Å². The van der Waals surface area contributed by atoms with Crippen molar-refractivity contribution < 1.29 is 18.7 Å². The first-order valence-electron chi connectivity index (χ1n) is 11.5. The van der Waals surface area contributed by atoms with E-state index in [-0.39, 0.29) is 23.2 Å². The second-order valence-corrected chi connectivity index (χ2v) is 9.56. The monoisotopic (exact) mass is 487 g/mol. The third-order valence-electron chi connectivity index (χ3n) is 5.40. The Labute approximate surface area is 208 Å². The second-order valence-electron chi connectivity index (χ2n) is 9.56. The van der Waals surface area contributed by atoms with Gasteiger partial charge in [0.15, 0.2) is 0 Å². The molecule has 1 aromatic heterocycles. The molecule has 1 atom stereocenters. The Morgan fingerprint density at radius 2 is 1.83 bits per heavy atom. The molecule has 36 heavy (non-hydrogen) atoms. The van der Waals surface area contributed by atoms with E-state index < -0.39 is 23.4 Å². The van der Waals surface area contributed by atoms with Crippen molar-refractivity contribution in [3.63, 3.8) is 0 Å². The first-order valence-corrected chi connectivity index (χ1v) is 11.5. The van der Waals surface area contributed by atoms with Crippen molar-refractivity contribution in [1.29, 1.82) is 5.26 Å². The molecule has 0 bridgehead atoms. The molecule has 0 spiro atoms. The van der Waals surface area contributed by atoms with E-state index in [9.17, 15) is 14.0 Å². The summed E-state index contributed by atoms with van der Waals surface area (Å²) in [6.07, 6.45) is 0.550. The van der Waals surface area contributed by atoms with Crippen LogP contribution in [0.25, 0.3) is 0 Å². The summed E-state index contributed by atoms with van der Waals surface area (Å²) < 4.78 is 19.0. The zero-order valence-corrected chi connectivity index (χ0v) is 20.2. The van der Waals surface area contributed by atoms with Gasteiger partial charge in [0.2, 0.25) is 0 Å². The number of halogens is 1. The Hall–Kier alpha value is -4.45. The number of nitrogens with zero attached hydrogens (tertiary/aromatic N) is 2. The van der Waals surface area contributed by atoms with E-state index in [1.807, 2.05) is 12.1 Å². The lowest BCUT2D eigenvalue weighted by Crippen LogP contribution is -2.36. The first-order chi connectivity index (χ1) is 17.1. The molecular formula is C27H26FN5O3. The third kappa shape index (κ3) is 6.36. The maximum atomic E-state index is 13.7. The number of nitriles is 1. The van der Waals surface area contributed by atoms with Gasteiger partial charge in [0.1, 0.15) is 22.9 Å². The van der Waals surface area contributed by atoms with Crippen LogP contribution in [0.2, 0.25) is 0 Å². The lowest BCUT2D eigenvalue weighted by Gasteiger charge is -2.20. The van der Waals surface area contributed by atoms with Crippen molar-refractivity contribution in [2.75, 3.05) is 10.6 Å². The van der Waals surface area contributed by atoms with E-state index >= 15 is 0 Å². The normalized spacial score (nSPS) is 14.4. The van der Waals surface area contributed by atoms with Crippen LogP contribution in [-0.4, -0.2) is 28.6 Å². The first kappa shape index (κ1) is 24.7. The van der Waals surface area contributed by atoms with E-state index in [2.05, 4.69) is 27.0 Å². The summed E-state index contributed by atoms with van der Waals surface area (Å²) in [5.74, 6) is -0.613. The largest absolute Gasteiger partial charge is 0.444 e. The molecule has 0 saturated heterocycles. The van der Waals surface area contributed by atoms with Gasteiger partial charge in [0.25, 0.3) is 5.91 Å². The summed E-state index contributed by atoms with van der Waals surface area (Å²) >= 11 is 0. The topological polar surface area (TPSA) is 116 Å². The molecule has 3 N–H and O–H groups in total. The quantitative estimate of drug-likeness (QED) is 0.462. The summed E-state index contributed by atoms with van der Waals surface area (Å²) in [6.45, 7) is 5.23. The van der Waals surface area contributed by atoms with Gasteiger partial charge < -0.3 is 15.4 Å². The van der Waals surface area contributed by atoms with Gasteiger partial charge in [-0.05, 0) is 81.1 Å². The average Bonchev–Trinajstić information content (AvgIpc) is 3.18. The number of carbonyl (C=O) groups is 2. The summed E-state index contributed by atoms with van der Waals surface area (Å²) in [4.78, 5) is 29.9. The highest BCUT2D eigenvalue weighted by Crippen LogP contribution is 2.25. The van der Waals surface area contributed by atoms with Crippen LogP contribution < -0.4 is 16.0 Å². The number of ether oxygens (including phenoxy) is 1. The van der Waals surface area contributed by atoms with Crippen molar-refractivity contribution in [2.24, 2.45) is 0 Å². The van der Waals surface area contributed by atoms with Gasteiger partial charge >= 0.3 is 6.09 Å². The molecule has 1 unspecified atom stereocenters. The average molecular weight is 488 g/mol. The number of benzene rings is 2. The number of aromatic nitrogens is 1. The maximum absolute atomic E-state index is 13.7. The number of hydrogen-bond donors (Lipinski definition) is 3. The van der Waals surface area contributed by atoms with E-state index in [1.54, 1.807) is 39.0 Å². The molecule has 4 rings (SSSR count). The highest BCUT2D eigenvalue weighted by molar-refractivity contribution is 5.95. The van der Waals surface area contributed by atoms with Crippen molar-refractivity contribution in [3.05, 3.63) is 82.8 Å². The minimum atomic E-state index is -0.706. The Bertz CT molecular complexity index is 1360. The van der Waals surface area contributed by atoms with Crippen LogP contribution in [0.1, 0.15) is 48.0 Å². The summed E-state index contributed by atoms with van der Waals surface area (Å²) in [5.41, 5.74) is 2.78.